The van der Waals surface area contributed by atoms with Crippen LogP contribution < -0.4 is 10.2 Å². The maximum absolute atomic E-state index is 4.57. The first-order valence-electron chi connectivity index (χ1n) is 7.41. The summed E-state index contributed by atoms with van der Waals surface area (Å²) < 4.78 is 0. The number of fused-ring (bicyclic) bond motifs is 1. The lowest BCUT2D eigenvalue weighted by Crippen LogP contribution is -2.41. The van der Waals surface area contributed by atoms with Gasteiger partial charge >= 0.3 is 0 Å². The third-order valence-corrected chi connectivity index (χ3v) is 4.81. The molecule has 4 nitrogen and oxygen atoms in total. The molecule has 108 valence electrons. The predicted octanol–water partition coefficient (Wildman–Crippen LogP) is 2.91. The highest BCUT2D eigenvalue weighted by Crippen LogP contribution is 2.29. The molecule has 0 saturated carbocycles. The van der Waals surface area contributed by atoms with E-state index >= 15 is 0 Å². The molecule has 1 atom stereocenters. The highest BCUT2D eigenvalue weighted by molar-refractivity contribution is 7.16. The lowest BCUT2D eigenvalue weighted by Gasteiger charge is -2.34. The van der Waals surface area contributed by atoms with Crippen molar-refractivity contribution >= 4 is 27.4 Å². The molecule has 1 unspecified atom stereocenters. The van der Waals surface area contributed by atoms with Crippen molar-refractivity contribution < 1.29 is 0 Å². The Kier molecular flexibility index (Phi) is 4.17. The molecule has 0 bridgehead atoms. The minimum absolute atomic E-state index is 0.454. The van der Waals surface area contributed by atoms with Crippen molar-refractivity contribution in [2.45, 2.75) is 32.7 Å². The minimum atomic E-state index is 0.454. The van der Waals surface area contributed by atoms with Gasteiger partial charge in [0.05, 0.1) is 5.39 Å². The van der Waals surface area contributed by atoms with E-state index < -0.39 is 0 Å². The Bertz CT molecular complexity index is 560. The van der Waals surface area contributed by atoms with Gasteiger partial charge in [0.1, 0.15) is 17.0 Å². The van der Waals surface area contributed by atoms with Crippen LogP contribution in [0.1, 0.15) is 26.7 Å². The molecule has 0 spiro atoms. The van der Waals surface area contributed by atoms with Gasteiger partial charge in [-0.15, -0.1) is 11.3 Å². The smallest absolute Gasteiger partial charge is 0.141 e. The number of hydrogen-bond donors (Lipinski definition) is 1. The first kappa shape index (κ1) is 13.8. The Hall–Kier alpha value is -1.20. The molecule has 0 radical (unpaired) electrons. The van der Waals surface area contributed by atoms with Gasteiger partial charge in [-0.05, 0) is 57.1 Å². The number of nitrogens with one attached hydrogen (secondary N) is 1. The molecule has 2 aromatic rings. The lowest BCUT2D eigenvalue weighted by molar-refractivity contribution is 0.370. The first-order chi connectivity index (χ1) is 9.75. The Labute approximate surface area is 124 Å². The second-order valence-electron chi connectivity index (χ2n) is 5.80. The van der Waals surface area contributed by atoms with Gasteiger partial charge in [0.2, 0.25) is 0 Å². The fraction of sp³-hybridized carbons (Fsp3) is 0.600. The van der Waals surface area contributed by atoms with E-state index in [-0.39, 0.29) is 0 Å². The molecule has 3 rings (SSSR count). The van der Waals surface area contributed by atoms with Crippen molar-refractivity contribution in [3.63, 3.8) is 0 Å². The number of hydrogen-bond acceptors (Lipinski definition) is 5. The molecular weight excluding hydrogens is 268 g/mol. The van der Waals surface area contributed by atoms with Crippen LogP contribution in [0.25, 0.3) is 10.2 Å². The van der Waals surface area contributed by atoms with Crippen molar-refractivity contribution in [3.05, 3.63) is 17.8 Å². The second kappa shape index (κ2) is 6.06. The van der Waals surface area contributed by atoms with Crippen LogP contribution in [0.15, 0.2) is 17.8 Å². The fourth-order valence-corrected chi connectivity index (χ4v) is 3.63. The molecule has 0 aliphatic carbocycles. The second-order valence-corrected chi connectivity index (χ2v) is 6.69. The first-order valence-corrected chi connectivity index (χ1v) is 8.29. The molecule has 20 heavy (non-hydrogen) atoms. The molecule has 1 aliphatic heterocycles. The minimum Gasteiger partial charge on any atom is -0.353 e. The maximum atomic E-state index is 4.57. The van der Waals surface area contributed by atoms with E-state index in [9.17, 15) is 0 Å². The summed E-state index contributed by atoms with van der Waals surface area (Å²) in [5.74, 6) is 1.81. The van der Waals surface area contributed by atoms with E-state index in [0.717, 1.165) is 29.7 Å². The molecule has 2 aromatic heterocycles. The molecule has 0 amide bonds. The molecule has 0 aromatic carbocycles. The quantitative estimate of drug-likeness (QED) is 0.940. The zero-order valence-electron chi connectivity index (χ0n) is 12.2. The normalized spacial score (nSPS) is 19.6. The lowest BCUT2D eigenvalue weighted by atomic mass is 9.98. The fourth-order valence-electron chi connectivity index (χ4n) is 2.91. The molecule has 1 fully saturated rings. The number of aromatic nitrogens is 2. The number of piperidine rings is 1. The highest BCUT2D eigenvalue weighted by Gasteiger charge is 2.21. The number of thiophene rings is 1. The van der Waals surface area contributed by atoms with E-state index in [1.807, 2.05) is 0 Å². The van der Waals surface area contributed by atoms with E-state index in [1.165, 1.54) is 24.8 Å². The molecule has 3 heterocycles. The van der Waals surface area contributed by atoms with Crippen LogP contribution in [0.3, 0.4) is 0 Å². The van der Waals surface area contributed by atoms with Crippen LogP contribution in [0.4, 0.5) is 5.82 Å². The Morgan fingerprint density at radius 3 is 3.10 bits per heavy atom. The van der Waals surface area contributed by atoms with Crippen LogP contribution in [0.2, 0.25) is 0 Å². The largest absolute Gasteiger partial charge is 0.353 e. The SMILES string of the molecule is CC(C)N(CC1CCCNC1)c1ncnc2sccc12. The van der Waals surface area contributed by atoms with Crippen molar-refractivity contribution in [1.82, 2.24) is 15.3 Å². The van der Waals surface area contributed by atoms with Crippen LogP contribution >= 0.6 is 11.3 Å². The van der Waals surface area contributed by atoms with Crippen LogP contribution in [0, 0.1) is 5.92 Å². The summed E-state index contributed by atoms with van der Waals surface area (Å²) in [5.41, 5.74) is 0. The number of rotatable bonds is 4. The zero-order chi connectivity index (χ0) is 13.9. The highest BCUT2D eigenvalue weighted by atomic mass is 32.1. The van der Waals surface area contributed by atoms with Gasteiger partial charge in [0.25, 0.3) is 0 Å². The number of anilines is 1. The zero-order valence-corrected chi connectivity index (χ0v) is 13.0. The van der Waals surface area contributed by atoms with Crippen molar-refractivity contribution in [3.8, 4) is 0 Å². The van der Waals surface area contributed by atoms with E-state index in [4.69, 9.17) is 0 Å². The van der Waals surface area contributed by atoms with Crippen molar-refractivity contribution in [2.75, 3.05) is 24.5 Å². The third-order valence-electron chi connectivity index (χ3n) is 3.99. The molecule has 1 saturated heterocycles. The maximum Gasteiger partial charge on any atom is 0.141 e. The van der Waals surface area contributed by atoms with Gasteiger partial charge in [-0.1, -0.05) is 0 Å². The summed E-state index contributed by atoms with van der Waals surface area (Å²) in [6, 6.07) is 2.60. The van der Waals surface area contributed by atoms with Crippen LogP contribution in [-0.2, 0) is 0 Å². The van der Waals surface area contributed by atoms with Gasteiger partial charge in [0.15, 0.2) is 0 Å². The topological polar surface area (TPSA) is 41.0 Å². The molecule has 1 aliphatic rings. The molecule has 5 heteroatoms. The Morgan fingerprint density at radius 1 is 1.45 bits per heavy atom. The van der Waals surface area contributed by atoms with Gasteiger partial charge in [0, 0.05) is 12.6 Å². The standard InChI is InChI=1S/C15H22N4S/c1-11(2)19(9-12-4-3-6-16-8-12)14-13-5-7-20-15(13)18-10-17-14/h5,7,10-12,16H,3-4,6,8-9H2,1-2H3. The summed E-state index contributed by atoms with van der Waals surface area (Å²) in [5, 5.41) is 6.80. The van der Waals surface area contributed by atoms with Crippen molar-refractivity contribution in [2.24, 2.45) is 5.92 Å². The van der Waals surface area contributed by atoms with Gasteiger partial charge in [-0.2, -0.15) is 0 Å². The molecular formula is C15H22N4S. The summed E-state index contributed by atoms with van der Waals surface area (Å²) in [4.78, 5) is 12.5. The summed E-state index contributed by atoms with van der Waals surface area (Å²) >= 11 is 1.69. The van der Waals surface area contributed by atoms with Crippen molar-refractivity contribution in [1.29, 1.82) is 0 Å². The monoisotopic (exact) mass is 290 g/mol. The summed E-state index contributed by atoms with van der Waals surface area (Å²) in [7, 11) is 0. The summed E-state index contributed by atoms with van der Waals surface area (Å²) in [6.45, 7) is 7.86. The van der Waals surface area contributed by atoms with Gasteiger partial charge < -0.3 is 10.2 Å². The number of nitrogens with zero attached hydrogens (tertiary/aromatic N) is 3. The average molecular weight is 290 g/mol. The average Bonchev–Trinajstić information content (AvgIpc) is 2.94. The predicted molar refractivity (Wildman–Crippen MR) is 85.5 cm³/mol. The van der Waals surface area contributed by atoms with Gasteiger partial charge in [-0.25, -0.2) is 9.97 Å². The van der Waals surface area contributed by atoms with E-state index in [0.29, 0.717) is 6.04 Å². The van der Waals surface area contributed by atoms with Gasteiger partial charge in [-0.3, -0.25) is 0 Å². The molecule has 1 N–H and O–H groups in total. The summed E-state index contributed by atoms with van der Waals surface area (Å²) in [6.07, 6.45) is 4.30. The third kappa shape index (κ3) is 2.79. The van der Waals surface area contributed by atoms with Crippen LogP contribution in [0.5, 0.6) is 0 Å². The van der Waals surface area contributed by atoms with E-state index in [1.54, 1.807) is 17.7 Å². The van der Waals surface area contributed by atoms with E-state index in [2.05, 4.69) is 45.5 Å². The Balaban J connectivity index is 1.87. The van der Waals surface area contributed by atoms with Crippen LogP contribution in [-0.4, -0.2) is 35.6 Å². The Morgan fingerprint density at radius 2 is 2.35 bits per heavy atom.